The fourth-order valence-electron chi connectivity index (χ4n) is 1.10. The van der Waals surface area contributed by atoms with Gasteiger partial charge in [0.15, 0.2) is 0 Å². The zero-order chi connectivity index (χ0) is 10.6. The lowest BCUT2D eigenvalue weighted by Gasteiger charge is -2.11. The monoisotopic (exact) mass is 210 g/mol. The SMILES string of the molecule is C#CCOc1ccc(Cl)cc1[C@@H](C)O. The van der Waals surface area contributed by atoms with E-state index in [9.17, 15) is 5.11 Å². The Morgan fingerprint density at radius 2 is 2.36 bits per heavy atom. The van der Waals surface area contributed by atoms with Crippen molar-refractivity contribution >= 4 is 11.6 Å². The number of aliphatic hydroxyl groups excluding tert-OH is 1. The van der Waals surface area contributed by atoms with Crippen LogP contribution in [0.4, 0.5) is 0 Å². The standard InChI is InChI=1S/C11H11ClO2/c1-3-6-14-11-5-4-9(12)7-10(11)8(2)13/h1,4-5,7-8,13H,6H2,2H3/t8-/m1/s1. The first-order valence-corrected chi connectivity index (χ1v) is 4.56. The number of rotatable bonds is 3. The summed E-state index contributed by atoms with van der Waals surface area (Å²) < 4.78 is 5.25. The van der Waals surface area contributed by atoms with Crippen molar-refractivity contribution in [2.45, 2.75) is 13.0 Å². The summed E-state index contributed by atoms with van der Waals surface area (Å²) in [5, 5.41) is 10.0. The Kier molecular flexibility index (Phi) is 3.82. The van der Waals surface area contributed by atoms with E-state index in [4.69, 9.17) is 22.8 Å². The fourth-order valence-corrected chi connectivity index (χ4v) is 1.28. The van der Waals surface area contributed by atoms with Crippen LogP contribution < -0.4 is 4.74 Å². The van der Waals surface area contributed by atoms with Gasteiger partial charge in [0, 0.05) is 10.6 Å². The van der Waals surface area contributed by atoms with E-state index in [1.807, 2.05) is 0 Å². The minimum atomic E-state index is -0.624. The van der Waals surface area contributed by atoms with Gasteiger partial charge >= 0.3 is 0 Å². The summed E-state index contributed by atoms with van der Waals surface area (Å²) in [5.41, 5.74) is 0.646. The minimum Gasteiger partial charge on any atom is -0.481 e. The molecule has 0 aromatic heterocycles. The summed E-state index contributed by atoms with van der Waals surface area (Å²) in [7, 11) is 0. The average molecular weight is 211 g/mol. The Labute approximate surface area is 88.5 Å². The van der Waals surface area contributed by atoms with Crippen molar-refractivity contribution in [1.29, 1.82) is 0 Å². The van der Waals surface area contributed by atoms with Gasteiger partial charge in [-0.25, -0.2) is 0 Å². The van der Waals surface area contributed by atoms with E-state index in [1.165, 1.54) is 0 Å². The Morgan fingerprint density at radius 1 is 1.64 bits per heavy atom. The molecule has 1 atom stereocenters. The molecule has 0 aliphatic rings. The number of benzene rings is 1. The predicted octanol–water partition coefficient (Wildman–Crippen LogP) is 2.41. The van der Waals surface area contributed by atoms with Gasteiger partial charge in [-0.1, -0.05) is 17.5 Å². The van der Waals surface area contributed by atoms with Crippen molar-refractivity contribution in [2.75, 3.05) is 6.61 Å². The molecule has 0 aliphatic heterocycles. The largest absolute Gasteiger partial charge is 0.481 e. The summed E-state index contributed by atoms with van der Waals surface area (Å²) in [5.74, 6) is 2.93. The molecule has 0 radical (unpaired) electrons. The minimum absolute atomic E-state index is 0.182. The number of hydrogen-bond donors (Lipinski definition) is 1. The van der Waals surface area contributed by atoms with Crippen LogP contribution in [0.15, 0.2) is 18.2 Å². The normalized spacial score (nSPS) is 11.9. The maximum Gasteiger partial charge on any atom is 0.148 e. The quantitative estimate of drug-likeness (QED) is 0.777. The lowest BCUT2D eigenvalue weighted by Crippen LogP contribution is -2.00. The van der Waals surface area contributed by atoms with Crippen LogP contribution in [0, 0.1) is 12.3 Å². The van der Waals surface area contributed by atoms with Gasteiger partial charge in [0.05, 0.1) is 6.10 Å². The predicted molar refractivity (Wildman–Crippen MR) is 56.4 cm³/mol. The van der Waals surface area contributed by atoms with Gasteiger partial charge in [0.2, 0.25) is 0 Å². The van der Waals surface area contributed by atoms with Crippen molar-refractivity contribution < 1.29 is 9.84 Å². The number of hydrogen-bond acceptors (Lipinski definition) is 2. The lowest BCUT2D eigenvalue weighted by atomic mass is 10.1. The first-order chi connectivity index (χ1) is 6.65. The molecule has 0 saturated carbocycles. The van der Waals surface area contributed by atoms with Crippen LogP contribution >= 0.6 is 11.6 Å². The molecule has 74 valence electrons. The molecule has 0 amide bonds. The molecule has 1 aromatic rings. The highest BCUT2D eigenvalue weighted by Crippen LogP contribution is 2.28. The number of halogens is 1. The van der Waals surface area contributed by atoms with Crippen LogP contribution in [-0.2, 0) is 0 Å². The van der Waals surface area contributed by atoms with Gasteiger partial charge in [-0.2, -0.15) is 0 Å². The molecule has 1 rings (SSSR count). The summed E-state index contributed by atoms with van der Waals surface area (Å²) in [6, 6.07) is 5.05. The Bertz CT molecular complexity index is 353. The highest BCUT2D eigenvalue weighted by Gasteiger charge is 2.09. The van der Waals surface area contributed by atoms with Crippen molar-refractivity contribution in [2.24, 2.45) is 0 Å². The zero-order valence-corrected chi connectivity index (χ0v) is 8.58. The zero-order valence-electron chi connectivity index (χ0n) is 7.83. The molecule has 0 fully saturated rings. The number of aliphatic hydroxyl groups is 1. The molecule has 2 nitrogen and oxygen atoms in total. The molecule has 0 heterocycles. The Hall–Kier alpha value is -1.17. The maximum absolute atomic E-state index is 9.44. The third kappa shape index (κ3) is 2.66. The van der Waals surface area contributed by atoms with E-state index in [0.717, 1.165) is 0 Å². The second kappa shape index (κ2) is 4.90. The molecule has 0 spiro atoms. The molecule has 0 saturated heterocycles. The summed E-state index contributed by atoms with van der Waals surface area (Å²) in [4.78, 5) is 0. The average Bonchev–Trinajstić information content (AvgIpc) is 2.15. The van der Waals surface area contributed by atoms with Gasteiger partial charge in [0.25, 0.3) is 0 Å². The van der Waals surface area contributed by atoms with Gasteiger partial charge in [-0.05, 0) is 25.1 Å². The summed E-state index contributed by atoms with van der Waals surface area (Å²) in [6.45, 7) is 1.83. The van der Waals surface area contributed by atoms with E-state index in [1.54, 1.807) is 25.1 Å². The first kappa shape index (κ1) is 10.9. The molecule has 0 bridgehead atoms. The first-order valence-electron chi connectivity index (χ1n) is 4.19. The van der Waals surface area contributed by atoms with Crippen LogP contribution in [0.25, 0.3) is 0 Å². The second-order valence-corrected chi connectivity index (χ2v) is 3.29. The van der Waals surface area contributed by atoms with Gasteiger partial charge < -0.3 is 9.84 Å². The van der Waals surface area contributed by atoms with E-state index < -0.39 is 6.10 Å². The summed E-state index contributed by atoms with van der Waals surface area (Å²) in [6.07, 6.45) is 4.45. The highest BCUT2D eigenvalue weighted by molar-refractivity contribution is 6.30. The van der Waals surface area contributed by atoms with E-state index in [-0.39, 0.29) is 6.61 Å². The lowest BCUT2D eigenvalue weighted by molar-refractivity contribution is 0.193. The molecule has 14 heavy (non-hydrogen) atoms. The third-order valence-electron chi connectivity index (χ3n) is 1.73. The molecule has 0 aliphatic carbocycles. The van der Waals surface area contributed by atoms with E-state index in [0.29, 0.717) is 16.3 Å². The van der Waals surface area contributed by atoms with Crippen molar-refractivity contribution in [3.8, 4) is 18.1 Å². The van der Waals surface area contributed by atoms with Crippen molar-refractivity contribution in [1.82, 2.24) is 0 Å². The molecule has 0 unspecified atom stereocenters. The summed E-state index contributed by atoms with van der Waals surface area (Å²) >= 11 is 5.79. The molecular formula is C11H11ClO2. The van der Waals surface area contributed by atoms with Gasteiger partial charge in [0.1, 0.15) is 12.4 Å². The topological polar surface area (TPSA) is 29.5 Å². The van der Waals surface area contributed by atoms with Crippen LogP contribution in [-0.4, -0.2) is 11.7 Å². The number of ether oxygens (including phenoxy) is 1. The highest BCUT2D eigenvalue weighted by atomic mass is 35.5. The Morgan fingerprint density at radius 3 is 2.93 bits per heavy atom. The van der Waals surface area contributed by atoms with Gasteiger partial charge in [-0.3, -0.25) is 0 Å². The van der Waals surface area contributed by atoms with Crippen LogP contribution in [0.5, 0.6) is 5.75 Å². The molecule has 3 heteroatoms. The van der Waals surface area contributed by atoms with Crippen LogP contribution in [0.2, 0.25) is 5.02 Å². The molecule has 1 N–H and O–H groups in total. The molecular weight excluding hydrogens is 200 g/mol. The van der Waals surface area contributed by atoms with Crippen LogP contribution in [0.3, 0.4) is 0 Å². The van der Waals surface area contributed by atoms with E-state index in [2.05, 4.69) is 5.92 Å². The van der Waals surface area contributed by atoms with Crippen molar-refractivity contribution in [3.63, 3.8) is 0 Å². The Balaban J connectivity index is 2.97. The number of terminal acetylenes is 1. The maximum atomic E-state index is 9.44. The fraction of sp³-hybridized carbons (Fsp3) is 0.273. The van der Waals surface area contributed by atoms with E-state index >= 15 is 0 Å². The van der Waals surface area contributed by atoms with Crippen LogP contribution in [0.1, 0.15) is 18.6 Å². The third-order valence-corrected chi connectivity index (χ3v) is 1.97. The smallest absolute Gasteiger partial charge is 0.148 e. The van der Waals surface area contributed by atoms with Crippen molar-refractivity contribution in [3.05, 3.63) is 28.8 Å². The van der Waals surface area contributed by atoms with Gasteiger partial charge in [-0.15, -0.1) is 6.42 Å². The second-order valence-electron chi connectivity index (χ2n) is 2.85. The molecule has 1 aromatic carbocycles.